The summed E-state index contributed by atoms with van der Waals surface area (Å²) in [5.41, 5.74) is 0. The van der Waals surface area contributed by atoms with Crippen molar-refractivity contribution < 1.29 is 0 Å². The van der Waals surface area contributed by atoms with Crippen molar-refractivity contribution in [3.63, 3.8) is 0 Å². The van der Waals surface area contributed by atoms with E-state index in [2.05, 4.69) is 459 Å². The molecule has 0 unspecified atom stereocenters. The highest BCUT2D eigenvalue weighted by molar-refractivity contribution is 7.52. The Kier molecular flexibility index (Phi) is 37.1. The van der Waals surface area contributed by atoms with Crippen LogP contribution in [0.5, 0.6) is 0 Å². The number of thiophene rings is 21. The van der Waals surface area contributed by atoms with Crippen LogP contribution in [0.4, 0.5) is 0 Å². The lowest BCUT2D eigenvalue weighted by atomic mass is 10.1. The summed E-state index contributed by atoms with van der Waals surface area (Å²) >= 11 is 42.9. The maximum absolute atomic E-state index is 2.70. The molecule has 0 saturated heterocycles. The zero-order valence-electron chi connectivity index (χ0n) is 87.0. The molecule has 0 N–H and O–H groups in total. The molecule has 21 aromatic rings. The molecule has 21 rings (SSSR count). The average Bonchev–Trinajstić information content (AvgIpc) is 1.60. The van der Waals surface area contributed by atoms with Gasteiger partial charge in [-0.05, 0) is 259 Å². The molecule has 0 fully saturated rings. The van der Waals surface area contributed by atoms with Gasteiger partial charge in [0, 0.05) is 200 Å². The molecular weight excluding hydrogens is 2280 g/mol. The first-order valence-electron chi connectivity index (χ1n) is 54.1. The zero-order valence-corrected chi connectivity index (χ0v) is 108. The summed E-state index contributed by atoms with van der Waals surface area (Å²) in [6, 6.07) is 104. The molecule has 149 heavy (non-hydrogen) atoms. The van der Waals surface area contributed by atoms with Gasteiger partial charge in [0.1, 0.15) is 0 Å². The number of aryl methyl sites for hydroxylation is 6. The van der Waals surface area contributed by atoms with Gasteiger partial charge in [-0.3, -0.25) is 0 Å². The van der Waals surface area contributed by atoms with Gasteiger partial charge in [0.25, 0.3) is 0 Å². The van der Waals surface area contributed by atoms with Crippen LogP contribution in [0.2, 0.25) is 26.2 Å². The number of hydrogen-bond donors (Lipinski definition) is 0. The minimum atomic E-state index is -2.70. The molecule has 21 aromatic heterocycles. The van der Waals surface area contributed by atoms with E-state index in [-0.39, 0.29) is 0 Å². The van der Waals surface area contributed by atoms with Crippen LogP contribution in [0.1, 0.15) is 225 Å². The second-order valence-corrected chi connectivity index (χ2v) is 83.5. The first kappa shape index (κ1) is 109. The fourth-order valence-electron chi connectivity index (χ4n) is 20.4. The van der Waals surface area contributed by atoms with Crippen molar-refractivity contribution in [2.75, 3.05) is 0 Å². The molecule has 0 aliphatic carbocycles. The quantitative estimate of drug-likeness (QED) is 0.0263. The Balaban J connectivity index is 0.600. The maximum Gasteiger partial charge on any atom is 0.181 e. The summed E-state index contributed by atoms with van der Waals surface area (Å²) in [5, 5.41) is 0. The lowest BCUT2D eigenvalue weighted by Gasteiger charge is -2.24. The summed E-state index contributed by atoms with van der Waals surface area (Å²) in [6.07, 6.45) is 38.2. The molecule has 0 nitrogen and oxygen atoms in total. The Labute approximate surface area is 973 Å². The van der Waals surface area contributed by atoms with Gasteiger partial charge in [-0.1, -0.05) is 256 Å². The van der Waals surface area contributed by atoms with Crippen LogP contribution >= 0.6 is 238 Å². The van der Waals surface area contributed by atoms with E-state index >= 15 is 0 Å². The van der Waals surface area contributed by atoms with Crippen molar-refractivity contribution in [3.8, 4) is 117 Å². The third-order valence-corrected chi connectivity index (χ3v) is 85.0. The van der Waals surface area contributed by atoms with Gasteiger partial charge in [0.05, 0.1) is 0 Å². The highest BCUT2D eigenvalue weighted by Crippen LogP contribution is 2.48. The Morgan fingerprint density at radius 1 is 0.114 bits per heavy atom. The van der Waals surface area contributed by atoms with Gasteiger partial charge >= 0.3 is 0 Å². The Bertz CT molecular complexity index is 6870. The molecule has 0 spiro atoms. The highest BCUT2D eigenvalue weighted by atomic mass is 32.2. The van der Waals surface area contributed by atoms with E-state index in [9.17, 15) is 0 Å². The van der Waals surface area contributed by atoms with Gasteiger partial charge in [-0.25, -0.2) is 0 Å². The zero-order chi connectivity index (χ0) is 102. The molecule has 0 atom stereocenters. The van der Waals surface area contributed by atoms with Crippen molar-refractivity contribution in [2.45, 2.75) is 260 Å². The first-order valence-corrected chi connectivity index (χ1v) is 81.2. The van der Waals surface area contributed by atoms with E-state index in [1.54, 1.807) is 27.0 Å². The first-order chi connectivity index (χ1) is 72.9. The van der Waals surface area contributed by atoms with Crippen molar-refractivity contribution in [2.24, 2.45) is 0 Å². The minimum Gasteiger partial charge on any atom is -0.143 e. The number of rotatable bonds is 54. The van der Waals surface area contributed by atoms with Crippen LogP contribution in [-0.2, 0) is 38.5 Å². The maximum atomic E-state index is 2.69. The van der Waals surface area contributed by atoms with Crippen LogP contribution in [0.25, 0.3) is 117 Å². The van der Waals surface area contributed by atoms with Crippen molar-refractivity contribution in [1.29, 1.82) is 0 Å². The summed E-state index contributed by atoms with van der Waals surface area (Å²) in [5.74, 6) is 0. The highest BCUT2D eigenvalue weighted by Gasteiger charge is 2.45. The van der Waals surface area contributed by atoms with Gasteiger partial charge in [-0.15, -0.1) is 238 Å². The summed E-state index contributed by atoms with van der Waals surface area (Å²) in [6.45, 7) is 24.6. The SMILES string of the molecule is CCCCCCc1ccc(-c2ccc([Si](C)(c3ccc(-c4ccc(CCCCCC)s4)s3)c3ccc(-c4ccc(-c5ccc([Si](C)(c6ccc(-c7ccc(-c8ccc([Si](C)(c9ccc(-c%10ccc(CCCCCC)s%10)s9)c9ccc(-c%10ccc(CCCCCC)s%10)s9)s8)s7)s6)c6ccc(-c7ccc(-c8ccc([Si](C)(c9ccc(-c%10ccc(CCCCCC)s%10)s9)c9ccc(-c%10ccc(CCCCCC)s%10)s9)s8)s7)s6)s5)s4)s3)s2)s1. The average molecular weight is 2410 g/mol. The molecule has 0 saturated carbocycles. The standard InChI is InChI=1S/C124H132S21Si4/c1-11-17-23-29-35-83-41-47-89(125-83)101-59-71-113(134-101)146(7,114-72-60-102(135-114)90-48-42-84(126-90)36-30-24-18-12-2)119-77-65-107(140-119)95-53-56-98(131-95)110-68-80-122(143-110)149(10,123-81-69-111(144-123)99-57-54-96(132-99)108-66-78-120(141-108)147(8,115-73-61-103(136-115)91-49-43-85(127-91)37-31-25-19-13-3)116-74-62-104(137-116)92-50-44-86(128-92)38-32-26-20-14-4)124-82-70-112(145-124)100-58-55-97(133-100)109-67-79-121(142-109)148(9,117-75-63-105(138-117)93-51-45-87(129-93)39-33-27-21-15-5)118-76-64-106(139-118)94-52-46-88(130-94)40-34-28-22-16-6/h41-82H,11-40H2,1-10H3. The molecule has 0 aliphatic rings. The Hall–Kier alpha value is -5.43. The molecule has 21 heterocycles. The van der Waals surface area contributed by atoms with E-state index < -0.39 is 32.3 Å². The Morgan fingerprint density at radius 2 is 0.215 bits per heavy atom. The lowest BCUT2D eigenvalue weighted by molar-refractivity contribution is 0.670. The molecule has 0 aromatic carbocycles. The number of hydrogen-bond acceptors (Lipinski definition) is 21. The monoisotopic (exact) mass is 2400 g/mol. The van der Waals surface area contributed by atoms with Gasteiger partial charge < -0.3 is 0 Å². The second-order valence-electron chi connectivity index (χ2n) is 40.4. The molecule has 0 radical (unpaired) electrons. The predicted molar refractivity (Wildman–Crippen MR) is 708 cm³/mol. The third-order valence-electron chi connectivity index (χ3n) is 29.5. The van der Waals surface area contributed by atoms with E-state index in [0.29, 0.717) is 0 Å². The normalized spacial score (nSPS) is 12.4. The van der Waals surface area contributed by atoms with E-state index in [4.69, 9.17) is 0 Å². The molecule has 0 bridgehead atoms. The summed E-state index contributed by atoms with van der Waals surface area (Å²) in [4.78, 5) is 42.5. The van der Waals surface area contributed by atoms with Crippen LogP contribution in [-0.4, -0.2) is 32.3 Å². The predicted octanol–water partition coefficient (Wildman–Crippen LogP) is 40.1. The number of unbranched alkanes of at least 4 members (excludes halogenated alkanes) is 18. The fraction of sp³-hybridized carbons (Fsp3) is 0.323. The summed E-state index contributed by atoms with van der Waals surface area (Å²) < 4.78 is 18.5. The largest absolute Gasteiger partial charge is 0.181 e. The van der Waals surface area contributed by atoms with Gasteiger partial charge in [0.15, 0.2) is 32.3 Å². The fourth-order valence-corrected chi connectivity index (χ4v) is 71.8. The third kappa shape index (κ3) is 24.4. The molecule has 770 valence electrons. The van der Waals surface area contributed by atoms with E-state index in [1.807, 2.05) is 102 Å². The topological polar surface area (TPSA) is 0 Å². The smallest absolute Gasteiger partial charge is 0.143 e. The van der Waals surface area contributed by atoms with Crippen molar-refractivity contribution in [3.05, 3.63) is 284 Å². The van der Waals surface area contributed by atoms with Gasteiger partial charge in [0.2, 0.25) is 0 Å². The molecule has 0 aliphatic heterocycles. The van der Waals surface area contributed by atoms with Crippen LogP contribution in [0, 0.1) is 0 Å². The molecular formula is C124H132S21Si4. The second kappa shape index (κ2) is 50.6. The Morgan fingerprint density at radius 3 is 0.336 bits per heavy atom. The van der Waals surface area contributed by atoms with Crippen molar-refractivity contribution >= 4 is 324 Å². The van der Waals surface area contributed by atoms with Crippen LogP contribution in [0.3, 0.4) is 0 Å². The molecule has 0 amide bonds. The minimum absolute atomic E-state index is 1.18. The van der Waals surface area contributed by atoms with E-state index in [0.717, 1.165) is 0 Å². The van der Waals surface area contributed by atoms with E-state index in [1.165, 1.54) is 366 Å². The summed E-state index contributed by atoms with van der Waals surface area (Å²) in [7, 11) is -10.2. The van der Waals surface area contributed by atoms with Crippen LogP contribution < -0.4 is 54.0 Å². The van der Waals surface area contributed by atoms with Crippen LogP contribution in [0.15, 0.2) is 255 Å². The van der Waals surface area contributed by atoms with Gasteiger partial charge in [-0.2, -0.15) is 0 Å². The lowest BCUT2D eigenvalue weighted by Crippen LogP contribution is -2.61. The molecule has 25 heteroatoms. The van der Waals surface area contributed by atoms with Crippen molar-refractivity contribution in [1.82, 2.24) is 0 Å².